The number of carbonyl (C=O) groups excluding carboxylic acids is 4. The SMILES string of the molecule is O=C(CN1C(=O)CCC1=O)N1CCN(C(=O)C2=CN3CCS(=O)(=O)N=C3C=C2)CC1. The molecule has 4 aliphatic heterocycles. The number of fused-ring (bicyclic) bond motifs is 1. The number of hydrogen-bond acceptors (Lipinski definition) is 7. The predicted octanol–water partition coefficient (Wildman–Crippen LogP) is -1.70. The van der Waals surface area contributed by atoms with E-state index in [1.54, 1.807) is 27.0 Å². The zero-order valence-corrected chi connectivity index (χ0v) is 17.0. The molecule has 0 aromatic heterocycles. The van der Waals surface area contributed by atoms with Crippen molar-refractivity contribution in [2.75, 3.05) is 45.0 Å². The second kappa shape index (κ2) is 7.67. The number of likely N-dealkylation sites (tertiary alicyclic amines) is 1. The zero-order valence-electron chi connectivity index (χ0n) is 16.2. The van der Waals surface area contributed by atoms with Gasteiger partial charge >= 0.3 is 0 Å². The van der Waals surface area contributed by atoms with Crippen LogP contribution in [0.2, 0.25) is 0 Å². The molecule has 0 N–H and O–H groups in total. The van der Waals surface area contributed by atoms with Crippen LogP contribution in [0.5, 0.6) is 0 Å². The van der Waals surface area contributed by atoms with E-state index >= 15 is 0 Å². The largest absolute Gasteiger partial charge is 0.338 e. The van der Waals surface area contributed by atoms with Gasteiger partial charge in [-0.05, 0) is 12.2 Å². The molecule has 0 unspecified atom stereocenters. The molecule has 11 nitrogen and oxygen atoms in total. The summed E-state index contributed by atoms with van der Waals surface area (Å²) in [4.78, 5) is 54.4. The van der Waals surface area contributed by atoms with E-state index in [0.29, 0.717) is 37.6 Å². The number of sulfonamides is 1. The van der Waals surface area contributed by atoms with Crippen molar-refractivity contribution in [1.29, 1.82) is 0 Å². The molecule has 2 fully saturated rings. The monoisotopic (exact) mass is 435 g/mol. The summed E-state index contributed by atoms with van der Waals surface area (Å²) in [5.74, 6) is -0.989. The Balaban J connectivity index is 1.33. The minimum atomic E-state index is -3.45. The number of amides is 4. The summed E-state index contributed by atoms with van der Waals surface area (Å²) in [5, 5.41) is 0. The normalized spacial score (nSPS) is 23.3. The molecule has 0 bridgehead atoms. The van der Waals surface area contributed by atoms with Crippen molar-refractivity contribution in [2.24, 2.45) is 4.40 Å². The fourth-order valence-electron chi connectivity index (χ4n) is 3.70. The van der Waals surface area contributed by atoms with Gasteiger partial charge in [0, 0.05) is 51.8 Å². The van der Waals surface area contributed by atoms with E-state index in [0.717, 1.165) is 4.90 Å². The van der Waals surface area contributed by atoms with Crippen LogP contribution in [0.25, 0.3) is 0 Å². The van der Waals surface area contributed by atoms with Crippen LogP contribution >= 0.6 is 0 Å². The molecule has 0 aromatic rings. The van der Waals surface area contributed by atoms with Gasteiger partial charge in [-0.2, -0.15) is 0 Å². The molecule has 4 amide bonds. The minimum Gasteiger partial charge on any atom is -0.338 e. The molecule has 12 heteroatoms. The van der Waals surface area contributed by atoms with E-state index in [2.05, 4.69) is 4.40 Å². The summed E-state index contributed by atoms with van der Waals surface area (Å²) in [7, 11) is -3.45. The molecule has 0 saturated carbocycles. The Morgan fingerprint density at radius 3 is 2.23 bits per heavy atom. The van der Waals surface area contributed by atoms with Crippen LogP contribution in [-0.2, 0) is 29.2 Å². The van der Waals surface area contributed by atoms with E-state index in [1.807, 2.05) is 0 Å². The second-order valence-electron chi connectivity index (χ2n) is 7.39. The van der Waals surface area contributed by atoms with E-state index in [-0.39, 0.29) is 55.3 Å². The minimum absolute atomic E-state index is 0.106. The molecule has 0 atom stereocenters. The van der Waals surface area contributed by atoms with Crippen LogP contribution in [-0.4, -0.2) is 103 Å². The van der Waals surface area contributed by atoms with Crippen LogP contribution in [0.15, 0.2) is 28.3 Å². The van der Waals surface area contributed by atoms with E-state index in [1.165, 1.54) is 6.08 Å². The standard InChI is InChI=1S/C18H21N5O6S/c24-15-3-4-16(25)23(15)12-17(26)20-5-7-21(8-6-20)18(27)13-1-2-14-19-30(28,29)10-9-22(14)11-13/h1-2,11H,3-10,12H2. The fraction of sp³-hybridized carbons (Fsp3) is 0.500. The summed E-state index contributed by atoms with van der Waals surface area (Å²) in [6.45, 7) is 1.26. The molecule has 4 rings (SSSR count). The van der Waals surface area contributed by atoms with E-state index in [4.69, 9.17) is 0 Å². The quantitative estimate of drug-likeness (QED) is 0.484. The Labute approximate surface area is 173 Å². The third-order valence-electron chi connectivity index (χ3n) is 5.44. The molecule has 2 saturated heterocycles. The maximum atomic E-state index is 12.8. The van der Waals surface area contributed by atoms with Crippen molar-refractivity contribution in [3.8, 4) is 0 Å². The van der Waals surface area contributed by atoms with Crippen molar-refractivity contribution < 1.29 is 27.6 Å². The number of rotatable bonds is 3. The summed E-state index contributed by atoms with van der Waals surface area (Å²) < 4.78 is 26.9. The molecule has 0 aromatic carbocycles. The molecule has 0 spiro atoms. The summed E-state index contributed by atoms with van der Waals surface area (Å²) in [6.07, 6.45) is 4.94. The van der Waals surface area contributed by atoms with Crippen LogP contribution in [0.4, 0.5) is 0 Å². The number of hydrogen-bond donors (Lipinski definition) is 0. The highest BCUT2D eigenvalue weighted by molar-refractivity contribution is 7.90. The smallest absolute Gasteiger partial charge is 0.256 e. The average molecular weight is 435 g/mol. The second-order valence-corrected chi connectivity index (χ2v) is 9.15. The maximum absolute atomic E-state index is 12.8. The highest BCUT2D eigenvalue weighted by atomic mass is 32.2. The lowest BCUT2D eigenvalue weighted by atomic mass is 10.1. The zero-order chi connectivity index (χ0) is 21.5. The van der Waals surface area contributed by atoms with Crippen LogP contribution in [0.3, 0.4) is 0 Å². The first kappa shape index (κ1) is 20.3. The molecular formula is C18H21N5O6S. The Morgan fingerprint density at radius 2 is 1.57 bits per heavy atom. The van der Waals surface area contributed by atoms with Gasteiger partial charge in [-0.1, -0.05) is 0 Å². The van der Waals surface area contributed by atoms with E-state index < -0.39 is 10.0 Å². The molecule has 30 heavy (non-hydrogen) atoms. The molecule has 0 radical (unpaired) electrons. The lowest BCUT2D eigenvalue weighted by Gasteiger charge is -2.36. The molecule has 0 aliphatic carbocycles. The Hall–Kier alpha value is -3.02. The van der Waals surface area contributed by atoms with Gasteiger partial charge in [0.15, 0.2) is 0 Å². The lowest BCUT2D eigenvalue weighted by Crippen LogP contribution is -2.53. The molecule has 4 aliphatic rings. The van der Waals surface area contributed by atoms with Crippen molar-refractivity contribution in [1.82, 2.24) is 19.6 Å². The fourth-order valence-corrected chi connectivity index (χ4v) is 4.67. The van der Waals surface area contributed by atoms with Crippen molar-refractivity contribution >= 4 is 39.5 Å². The molecular weight excluding hydrogens is 414 g/mol. The van der Waals surface area contributed by atoms with Crippen LogP contribution < -0.4 is 0 Å². The van der Waals surface area contributed by atoms with Gasteiger partial charge in [-0.15, -0.1) is 4.40 Å². The summed E-state index contributed by atoms with van der Waals surface area (Å²) in [6, 6.07) is 0. The van der Waals surface area contributed by atoms with E-state index in [9.17, 15) is 27.6 Å². The first-order valence-electron chi connectivity index (χ1n) is 9.63. The highest BCUT2D eigenvalue weighted by Crippen LogP contribution is 2.18. The van der Waals surface area contributed by atoms with Crippen molar-refractivity contribution in [3.63, 3.8) is 0 Å². The Kier molecular flexibility index (Phi) is 5.18. The number of amidine groups is 1. The predicted molar refractivity (Wildman–Crippen MR) is 104 cm³/mol. The third-order valence-corrected chi connectivity index (χ3v) is 6.60. The first-order valence-corrected chi connectivity index (χ1v) is 11.2. The number of piperazine rings is 1. The molecule has 4 heterocycles. The van der Waals surface area contributed by atoms with Gasteiger partial charge in [0.2, 0.25) is 17.7 Å². The van der Waals surface area contributed by atoms with Crippen LogP contribution in [0, 0.1) is 0 Å². The maximum Gasteiger partial charge on any atom is 0.256 e. The number of imide groups is 1. The topological polar surface area (TPSA) is 128 Å². The van der Waals surface area contributed by atoms with Gasteiger partial charge in [0.1, 0.15) is 12.4 Å². The third kappa shape index (κ3) is 3.99. The molecule has 160 valence electrons. The first-order chi connectivity index (χ1) is 14.2. The van der Waals surface area contributed by atoms with Crippen LogP contribution in [0.1, 0.15) is 12.8 Å². The Bertz CT molecular complexity index is 990. The average Bonchev–Trinajstić information content (AvgIpc) is 3.04. The highest BCUT2D eigenvalue weighted by Gasteiger charge is 2.33. The number of nitrogens with zero attached hydrogens (tertiary/aromatic N) is 5. The van der Waals surface area contributed by atoms with Gasteiger partial charge in [0.25, 0.3) is 15.9 Å². The lowest BCUT2D eigenvalue weighted by molar-refractivity contribution is -0.146. The van der Waals surface area contributed by atoms with Gasteiger partial charge in [-0.25, -0.2) is 8.42 Å². The Morgan fingerprint density at radius 1 is 0.933 bits per heavy atom. The van der Waals surface area contributed by atoms with Crippen molar-refractivity contribution in [2.45, 2.75) is 12.8 Å². The number of carbonyl (C=O) groups is 4. The van der Waals surface area contributed by atoms with Gasteiger partial charge in [0.05, 0.1) is 11.3 Å². The summed E-state index contributed by atoms with van der Waals surface area (Å²) >= 11 is 0. The summed E-state index contributed by atoms with van der Waals surface area (Å²) in [5.41, 5.74) is 0.418. The van der Waals surface area contributed by atoms with Crippen molar-refractivity contribution in [3.05, 3.63) is 23.9 Å². The van der Waals surface area contributed by atoms with Gasteiger partial charge < -0.3 is 14.7 Å². The van der Waals surface area contributed by atoms with Gasteiger partial charge in [-0.3, -0.25) is 24.1 Å².